The molecule has 0 aromatic carbocycles. The molecular formula is C24H40O5. The molecule has 0 aromatic rings. The number of rotatable bonds is 4. The maximum absolute atomic E-state index is 11.3. The Hall–Kier alpha value is -0.650. The summed E-state index contributed by atoms with van der Waals surface area (Å²) >= 11 is 0. The second-order valence-corrected chi connectivity index (χ2v) is 11.5. The topological polar surface area (TPSA) is 98.0 Å². The molecule has 0 saturated heterocycles. The van der Waals surface area contributed by atoms with Crippen molar-refractivity contribution in [1.29, 1.82) is 0 Å². The van der Waals surface area contributed by atoms with Gasteiger partial charge >= 0.3 is 5.97 Å². The minimum absolute atomic E-state index is 0.00309. The second kappa shape index (κ2) is 7.49. The molecule has 166 valence electrons. The standard InChI is InChI=1S/C24H40O5/c1-13(4-7-19(26)27)15-5-6-16-20-17(9-11-23(15,16)2)24(3)10-8-14(25)12-18(24)21(28)22(20)29/h13-18,20-22,25,28-29H,4-12H2,1-3H3,(H,26,27)/t13-,14-,15-,16+,17+,18-,20+,21+,22-,23-,24-/m1/s1. The van der Waals surface area contributed by atoms with Gasteiger partial charge in [-0.25, -0.2) is 0 Å². The van der Waals surface area contributed by atoms with Gasteiger partial charge in [0.2, 0.25) is 0 Å². The van der Waals surface area contributed by atoms with Crippen molar-refractivity contribution < 1.29 is 25.2 Å². The number of aliphatic hydroxyl groups is 3. The Morgan fingerprint density at radius 2 is 1.59 bits per heavy atom. The molecule has 4 aliphatic rings. The van der Waals surface area contributed by atoms with Crippen LogP contribution in [0.3, 0.4) is 0 Å². The number of hydrogen-bond acceptors (Lipinski definition) is 4. The summed E-state index contributed by atoms with van der Waals surface area (Å²) in [7, 11) is 0. The first-order valence-corrected chi connectivity index (χ1v) is 11.9. The molecule has 0 unspecified atom stereocenters. The third-order valence-electron chi connectivity index (χ3n) is 10.3. The van der Waals surface area contributed by atoms with E-state index in [4.69, 9.17) is 5.11 Å². The highest BCUT2D eigenvalue weighted by molar-refractivity contribution is 5.66. The Morgan fingerprint density at radius 1 is 0.931 bits per heavy atom. The summed E-state index contributed by atoms with van der Waals surface area (Å²) < 4.78 is 0. The van der Waals surface area contributed by atoms with E-state index in [1.54, 1.807) is 0 Å². The monoisotopic (exact) mass is 408 g/mol. The van der Waals surface area contributed by atoms with Gasteiger partial charge in [-0.15, -0.1) is 0 Å². The van der Waals surface area contributed by atoms with Gasteiger partial charge in [0.1, 0.15) is 0 Å². The summed E-state index contributed by atoms with van der Waals surface area (Å²) in [6.45, 7) is 6.89. The Kier molecular flexibility index (Phi) is 5.57. The zero-order valence-electron chi connectivity index (χ0n) is 18.3. The van der Waals surface area contributed by atoms with Crippen molar-refractivity contribution in [3.8, 4) is 0 Å². The number of carboxylic acid groups (broad SMARTS) is 1. The number of carbonyl (C=O) groups is 1. The first kappa shape index (κ1) is 21.6. The van der Waals surface area contributed by atoms with Gasteiger partial charge in [-0.3, -0.25) is 4.79 Å². The predicted octanol–water partition coefficient (Wildman–Crippen LogP) is 3.45. The van der Waals surface area contributed by atoms with Crippen LogP contribution in [0.25, 0.3) is 0 Å². The van der Waals surface area contributed by atoms with Crippen molar-refractivity contribution in [1.82, 2.24) is 0 Å². The molecular weight excluding hydrogens is 368 g/mol. The fourth-order valence-corrected chi connectivity index (χ4v) is 8.77. The highest BCUT2D eigenvalue weighted by Gasteiger charge is 2.65. The van der Waals surface area contributed by atoms with Crippen molar-refractivity contribution in [2.45, 2.75) is 96.9 Å². The van der Waals surface area contributed by atoms with E-state index < -0.39 is 18.2 Å². The van der Waals surface area contributed by atoms with E-state index in [9.17, 15) is 20.1 Å². The fourth-order valence-electron chi connectivity index (χ4n) is 8.77. The Bertz CT molecular complexity index is 637. The van der Waals surface area contributed by atoms with Crippen molar-refractivity contribution in [2.75, 3.05) is 0 Å². The van der Waals surface area contributed by atoms with E-state index in [0.29, 0.717) is 30.1 Å². The third kappa shape index (κ3) is 3.27. The molecule has 4 fully saturated rings. The van der Waals surface area contributed by atoms with Crippen LogP contribution in [0.5, 0.6) is 0 Å². The van der Waals surface area contributed by atoms with Crippen molar-refractivity contribution >= 4 is 5.97 Å². The molecule has 0 aromatic heterocycles. The lowest BCUT2D eigenvalue weighted by Gasteiger charge is -2.63. The molecule has 29 heavy (non-hydrogen) atoms. The molecule has 4 saturated carbocycles. The number of carboxylic acids is 1. The van der Waals surface area contributed by atoms with E-state index in [1.807, 2.05) is 0 Å². The molecule has 0 spiro atoms. The van der Waals surface area contributed by atoms with Crippen LogP contribution in [0.1, 0.15) is 78.6 Å². The van der Waals surface area contributed by atoms with Crippen LogP contribution in [0.15, 0.2) is 0 Å². The summed E-state index contributed by atoms with van der Waals surface area (Å²) in [5.74, 6) is 1.06. The quantitative estimate of drug-likeness (QED) is 0.571. The van der Waals surface area contributed by atoms with Gasteiger partial charge in [0.05, 0.1) is 18.3 Å². The highest BCUT2D eigenvalue weighted by atomic mass is 16.4. The van der Waals surface area contributed by atoms with E-state index in [0.717, 1.165) is 44.9 Å². The molecule has 5 nitrogen and oxygen atoms in total. The van der Waals surface area contributed by atoms with Gasteiger partial charge < -0.3 is 20.4 Å². The predicted molar refractivity (Wildman–Crippen MR) is 110 cm³/mol. The van der Waals surface area contributed by atoms with Crippen LogP contribution in [-0.2, 0) is 4.79 Å². The molecule has 0 radical (unpaired) electrons. The van der Waals surface area contributed by atoms with Crippen molar-refractivity contribution in [2.24, 2.45) is 46.3 Å². The zero-order valence-corrected chi connectivity index (χ0v) is 18.3. The molecule has 0 heterocycles. The summed E-state index contributed by atoms with van der Waals surface area (Å²) in [6.07, 6.45) is 5.87. The van der Waals surface area contributed by atoms with Crippen LogP contribution in [0.4, 0.5) is 0 Å². The minimum atomic E-state index is -0.748. The molecule has 0 amide bonds. The van der Waals surface area contributed by atoms with Crippen LogP contribution in [0, 0.1) is 46.3 Å². The van der Waals surface area contributed by atoms with Crippen LogP contribution < -0.4 is 0 Å². The van der Waals surface area contributed by atoms with Crippen molar-refractivity contribution in [3.63, 3.8) is 0 Å². The second-order valence-electron chi connectivity index (χ2n) is 11.5. The number of fused-ring (bicyclic) bond motifs is 5. The maximum atomic E-state index is 11.3. The van der Waals surface area contributed by atoms with Gasteiger partial charge in [0.25, 0.3) is 0 Å². The molecule has 4 N–H and O–H groups in total. The number of hydrogen-bond donors (Lipinski definition) is 4. The molecule has 0 bridgehead atoms. The maximum Gasteiger partial charge on any atom is 0.303 e. The lowest BCUT2D eigenvalue weighted by atomic mass is 9.43. The van der Waals surface area contributed by atoms with E-state index >= 15 is 0 Å². The van der Waals surface area contributed by atoms with Crippen LogP contribution >= 0.6 is 0 Å². The summed E-state index contributed by atoms with van der Waals surface area (Å²) in [5.41, 5.74) is 0.119. The first-order valence-electron chi connectivity index (χ1n) is 11.9. The Labute approximate surface area is 174 Å². The first-order chi connectivity index (χ1) is 13.6. The lowest BCUT2D eigenvalue weighted by Crippen LogP contribution is -2.64. The number of aliphatic hydroxyl groups excluding tert-OH is 3. The number of aliphatic carboxylic acids is 1. The SMILES string of the molecule is C[C@H](CCC(=O)O)[C@H]1CC[C@H]2[C@@H]3[C@@H](O)[C@@H](O)[C@H]4C[C@H](O)CC[C@]4(C)[C@H]3CC[C@]12C. The van der Waals surface area contributed by atoms with E-state index in [-0.39, 0.29) is 35.2 Å². The molecule has 11 atom stereocenters. The molecule has 4 aliphatic carbocycles. The smallest absolute Gasteiger partial charge is 0.303 e. The Morgan fingerprint density at radius 3 is 2.28 bits per heavy atom. The highest BCUT2D eigenvalue weighted by Crippen LogP contribution is 2.68. The molecule has 5 heteroatoms. The van der Waals surface area contributed by atoms with Gasteiger partial charge in [-0.2, -0.15) is 0 Å². The molecule has 4 rings (SSSR count). The van der Waals surface area contributed by atoms with Gasteiger partial charge in [-0.05, 0) is 97.7 Å². The van der Waals surface area contributed by atoms with E-state index in [1.165, 1.54) is 0 Å². The summed E-state index contributed by atoms with van der Waals surface area (Å²) in [4.78, 5) is 11.1. The van der Waals surface area contributed by atoms with E-state index in [2.05, 4.69) is 20.8 Å². The fraction of sp³-hybridized carbons (Fsp3) is 0.958. The lowest BCUT2D eigenvalue weighted by molar-refractivity contribution is -0.223. The zero-order chi connectivity index (χ0) is 21.1. The van der Waals surface area contributed by atoms with Crippen molar-refractivity contribution in [3.05, 3.63) is 0 Å². The largest absolute Gasteiger partial charge is 0.481 e. The third-order valence-corrected chi connectivity index (χ3v) is 10.3. The van der Waals surface area contributed by atoms with Gasteiger partial charge in [0, 0.05) is 6.42 Å². The molecule has 0 aliphatic heterocycles. The summed E-state index contributed by atoms with van der Waals surface area (Å²) in [5, 5.41) is 41.7. The van der Waals surface area contributed by atoms with Crippen LogP contribution in [-0.4, -0.2) is 44.7 Å². The average molecular weight is 409 g/mol. The minimum Gasteiger partial charge on any atom is -0.481 e. The Balaban J connectivity index is 1.59. The van der Waals surface area contributed by atoms with Gasteiger partial charge in [-0.1, -0.05) is 20.8 Å². The summed E-state index contributed by atoms with van der Waals surface area (Å²) in [6, 6.07) is 0. The van der Waals surface area contributed by atoms with Crippen LogP contribution in [0.2, 0.25) is 0 Å². The van der Waals surface area contributed by atoms with Gasteiger partial charge in [0.15, 0.2) is 0 Å². The normalized spacial score (nSPS) is 52.9. The average Bonchev–Trinajstić information content (AvgIpc) is 3.02.